The minimum atomic E-state index is -4.59. The quantitative estimate of drug-likeness (QED) is 0.386. The van der Waals surface area contributed by atoms with Crippen LogP contribution in [0.4, 0.5) is 11.4 Å². The van der Waals surface area contributed by atoms with Crippen LogP contribution in [0, 0.1) is 0 Å². The Labute approximate surface area is 183 Å². The van der Waals surface area contributed by atoms with E-state index in [1.807, 2.05) is 12.1 Å². The summed E-state index contributed by atoms with van der Waals surface area (Å²) >= 11 is 11.7. The minimum absolute atomic E-state index is 0. The summed E-state index contributed by atoms with van der Waals surface area (Å²) in [5.41, 5.74) is -0.0466. The van der Waals surface area contributed by atoms with Crippen LogP contribution >= 0.6 is 23.2 Å². The van der Waals surface area contributed by atoms with Gasteiger partial charge in [0.1, 0.15) is 22.0 Å². The number of halogens is 2. The van der Waals surface area contributed by atoms with Crippen molar-refractivity contribution in [3.63, 3.8) is 0 Å². The molecule has 0 spiro atoms. The van der Waals surface area contributed by atoms with Crippen molar-refractivity contribution in [2.45, 2.75) is 4.90 Å². The average Bonchev–Trinajstić information content (AvgIpc) is 2.55. The number of hydrogen-bond acceptors (Lipinski definition) is 5. The molecule has 0 amide bonds. The molecule has 0 heterocycles. The van der Waals surface area contributed by atoms with Crippen LogP contribution in [0.2, 0.25) is 10.0 Å². The third-order valence-corrected chi connectivity index (χ3v) is 5.02. The number of aromatic hydroxyl groups is 1. The SMILES string of the molecule is O=S(=O)(O)c1cc(Cl)c(Cl)cc1N=Nc1c(O)ccc2ccccc12.[H-].[Na+]. The molecule has 26 heavy (non-hydrogen) atoms. The summed E-state index contributed by atoms with van der Waals surface area (Å²) < 4.78 is 32.3. The number of azo groups is 1. The van der Waals surface area contributed by atoms with Gasteiger partial charge in [0, 0.05) is 5.39 Å². The fourth-order valence-electron chi connectivity index (χ4n) is 2.26. The molecule has 3 aromatic carbocycles. The van der Waals surface area contributed by atoms with Crippen molar-refractivity contribution in [3.8, 4) is 5.75 Å². The van der Waals surface area contributed by atoms with Crippen molar-refractivity contribution >= 4 is 55.5 Å². The predicted molar refractivity (Wildman–Crippen MR) is 97.2 cm³/mol. The maximum Gasteiger partial charge on any atom is 1.00 e. The van der Waals surface area contributed by atoms with Crippen molar-refractivity contribution < 1.29 is 49.1 Å². The summed E-state index contributed by atoms with van der Waals surface area (Å²) in [7, 11) is -4.59. The van der Waals surface area contributed by atoms with E-state index < -0.39 is 15.0 Å². The topological polar surface area (TPSA) is 99.3 Å². The second-order valence-electron chi connectivity index (χ2n) is 5.06. The summed E-state index contributed by atoms with van der Waals surface area (Å²) in [5, 5.41) is 19.3. The zero-order valence-corrected chi connectivity index (χ0v) is 17.7. The van der Waals surface area contributed by atoms with E-state index in [-0.39, 0.29) is 58.2 Å². The van der Waals surface area contributed by atoms with Crippen LogP contribution in [-0.2, 0) is 10.1 Å². The number of benzene rings is 3. The first-order valence-corrected chi connectivity index (χ1v) is 9.06. The van der Waals surface area contributed by atoms with Gasteiger partial charge in [0.25, 0.3) is 10.1 Å². The molecule has 0 unspecified atom stereocenters. The molecule has 3 aromatic rings. The van der Waals surface area contributed by atoms with E-state index >= 15 is 0 Å². The Morgan fingerprint density at radius 1 is 0.962 bits per heavy atom. The normalized spacial score (nSPS) is 11.7. The molecule has 0 saturated heterocycles. The first kappa shape index (κ1) is 21.1. The third-order valence-electron chi connectivity index (χ3n) is 3.42. The Morgan fingerprint density at radius 3 is 2.31 bits per heavy atom. The van der Waals surface area contributed by atoms with Crippen LogP contribution in [-0.4, -0.2) is 18.1 Å². The molecule has 0 aliphatic heterocycles. The monoisotopic (exact) mass is 420 g/mol. The van der Waals surface area contributed by atoms with Crippen molar-refractivity contribution in [2.75, 3.05) is 0 Å². The van der Waals surface area contributed by atoms with Gasteiger partial charge < -0.3 is 6.53 Å². The fraction of sp³-hybridized carbons (Fsp3) is 0. The van der Waals surface area contributed by atoms with Gasteiger partial charge in [-0.1, -0.05) is 53.5 Å². The molecule has 0 saturated carbocycles. The van der Waals surface area contributed by atoms with Gasteiger partial charge in [-0.15, -0.1) is 10.2 Å². The van der Waals surface area contributed by atoms with Crippen molar-refractivity contribution in [1.82, 2.24) is 0 Å². The Morgan fingerprint density at radius 2 is 1.62 bits per heavy atom. The van der Waals surface area contributed by atoms with Crippen LogP contribution < -0.4 is 29.6 Å². The Hall–Kier alpha value is -1.19. The summed E-state index contributed by atoms with van der Waals surface area (Å²) in [6, 6.07) is 12.5. The minimum Gasteiger partial charge on any atom is -1.00 e. The first-order chi connectivity index (χ1) is 11.8. The maximum absolute atomic E-state index is 11.5. The van der Waals surface area contributed by atoms with Gasteiger partial charge in [-0.3, -0.25) is 4.55 Å². The van der Waals surface area contributed by atoms with Gasteiger partial charge in [0.05, 0.1) is 10.0 Å². The molecule has 0 radical (unpaired) electrons. The van der Waals surface area contributed by atoms with Crippen LogP contribution in [0.3, 0.4) is 0 Å². The summed E-state index contributed by atoms with van der Waals surface area (Å²) in [4.78, 5) is -0.537. The average molecular weight is 421 g/mol. The van der Waals surface area contributed by atoms with Crippen LogP contribution in [0.25, 0.3) is 10.8 Å². The van der Waals surface area contributed by atoms with Gasteiger partial charge in [0.2, 0.25) is 0 Å². The Kier molecular flexibility index (Phi) is 6.68. The number of rotatable bonds is 3. The zero-order chi connectivity index (χ0) is 18.2. The molecule has 0 fully saturated rings. The molecule has 0 aliphatic rings. The molecule has 10 heteroatoms. The third kappa shape index (κ3) is 4.37. The van der Waals surface area contributed by atoms with E-state index in [1.54, 1.807) is 18.2 Å². The molecular weight excluding hydrogens is 410 g/mol. The molecule has 0 aliphatic carbocycles. The van der Waals surface area contributed by atoms with E-state index in [9.17, 15) is 18.1 Å². The molecule has 0 bridgehead atoms. The molecule has 0 aromatic heterocycles. The second-order valence-corrected chi connectivity index (χ2v) is 7.27. The largest absolute Gasteiger partial charge is 1.00 e. The molecule has 3 rings (SSSR count). The van der Waals surface area contributed by atoms with Crippen LogP contribution in [0.5, 0.6) is 5.75 Å². The Bertz CT molecular complexity index is 1130. The van der Waals surface area contributed by atoms with Gasteiger partial charge in [-0.25, -0.2) is 0 Å². The molecule has 6 nitrogen and oxygen atoms in total. The van der Waals surface area contributed by atoms with E-state index in [0.717, 1.165) is 11.5 Å². The number of phenolic OH excluding ortho intramolecular Hbond substituents is 1. The maximum atomic E-state index is 11.5. The van der Waals surface area contributed by atoms with E-state index in [4.69, 9.17) is 23.2 Å². The molecular formula is C16H11Cl2N2NaO4S. The van der Waals surface area contributed by atoms with Crippen molar-refractivity contribution in [3.05, 3.63) is 58.6 Å². The van der Waals surface area contributed by atoms with Crippen molar-refractivity contribution in [2.24, 2.45) is 10.2 Å². The van der Waals surface area contributed by atoms with E-state index in [0.29, 0.717) is 5.39 Å². The van der Waals surface area contributed by atoms with Crippen LogP contribution in [0.15, 0.2) is 63.7 Å². The fourth-order valence-corrected chi connectivity index (χ4v) is 3.27. The van der Waals surface area contributed by atoms with Gasteiger partial charge in [0.15, 0.2) is 0 Å². The standard InChI is InChI=1S/C16H10Cl2N2O4S.Na.H/c17-11-7-13(15(8-12(11)18)25(22,23)24)19-20-16-10-4-2-1-3-9(10)5-6-14(16)21;;/h1-8,21H,(H,22,23,24);;/q;+1;-1. The number of nitrogens with zero attached hydrogens (tertiary/aromatic N) is 2. The van der Waals surface area contributed by atoms with Crippen molar-refractivity contribution in [1.29, 1.82) is 0 Å². The van der Waals surface area contributed by atoms with Gasteiger partial charge in [-0.05, 0) is 23.6 Å². The van der Waals surface area contributed by atoms with E-state index in [1.165, 1.54) is 12.1 Å². The Balaban J connectivity index is 0.00000182. The first-order valence-electron chi connectivity index (χ1n) is 6.86. The molecule has 130 valence electrons. The number of hydrogen-bond donors (Lipinski definition) is 2. The number of fused-ring (bicyclic) bond motifs is 1. The smallest absolute Gasteiger partial charge is 1.00 e. The van der Waals surface area contributed by atoms with Crippen LogP contribution in [0.1, 0.15) is 1.43 Å². The summed E-state index contributed by atoms with van der Waals surface area (Å²) in [6.07, 6.45) is 0. The molecule has 0 atom stereocenters. The zero-order valence-electron chi connectivity index (χ0n) is 14.4. The molecule has 2 N–H and O–H groups in total. The van der Waals surface area contributed by atoms with Gasteiger partial charge in [-0.2, -0.15) is 8.42 Å². The van der Waals surface area contributed by atoms with Gasteiger partial charge >= 0.3 is 29.6 Å². The summed E-state index contributed by atoms with van der Waals surface area (Å²) in [5.74, 6) is -0.129. The second kappa shape index (κ2) is 8.22. The van der Waals surface area contributed by atoms with E-state index in [2.05, 4.69) is 10.2 Å². The number of phenols is 1. The summed E-state index contributed by atoms with van der Waals surface area (Å²) in [6.45, 7) is 0. The predicted octanol–water partition coefficient (Wildman–Crippen LogP) is 2.63.